The summed E-state index contributed by atoms with van der Waals surface area (Å²) < 4.78 is 0. The number of hydrogen-bond acceptors (Lipinski definition) is 2. The maximum absolute atomic E-state index is 9.92. The lowest BCUT2D eigenvalue weighted by atomic mass is 9.95. The van der Waals surface area contributed by atoms with Gasteiger partial charge in [0.2, 0.25) is 0 Å². The van der Waals surface area contributed by atoms with Crippen molar-refractivity contribution >= 4 is 0 Å². The number of nitrogens with one attached hydrogen (secondary N) is 1. The number of hydrogen-bond donors (Lipinski definition) is 2. The van der Waals surface area contributed by atoms with Gasteiger partial charge in [0.05, 0.1) is 0 Å². The molecule has 1 unspecified atom stereocenters. The normalized spacial score (nSPS) is 21.0. The third kappa shape index (κ3) is 2.56. The first-order valence-corrected chi connectivity index (χ1v) is 6.19. The summed E-state index contributed by atoms with van der Waals surface area (Å²) in [6, 6.07) is 4.55. The van der Waals surface area contributed by atoms with Crippen LogP contribution in [0.3, 0.4) is 0 Å². The fraction of sp³-hybridized carbons (Fsp3) is 0.571. The van der Waals surface area contributed by atoms with Crippen LogP contribution in [0, 0.1) is 13.8 Å². The van der Waals surface area contributed by atoms with E-state index in [0.29, 0.717) is 11.8 Å². The van der Waals surface area contributed by atoms with Crippen molar-refractivity contribution in [1.82, 2.24) is 5.32 Å². The van der Waals surface area contributed by atoms with Crippen LogP contribution >= 0.6 is 0 Å². The van der Waals surface area contributed by atoms with Gasteiger partial charge >= 0.3 is 0 Å². The average Bonchev–Trinajstić information content (AvgIpc) is 2.27. The molecule has 0 aromatic heterocycles. The summed E-state index contributed by atoms with van der Waals surface area (Å²) in [5.41, 5.74) is 3.52. The smallest absolute Gasteiger partial charge is 0.119 e. The monoisotopic (exact) mass is 219 g/mol. The molecule has 0 aliphatic carbocycles. The van der Waals surface area contributed by atoms with E-state index < -0.39 is 0 Å². The molecule has 0 radical (unpaired) electrons. The summed E-state index contributed by atoms with van der Waals surface area (Å²) in [6.07, 6.45) is 4.78. The van der Waals surface area contributed by atoms with Gasteiger partial charge in [-0.2, -0.15) is 0 Å². The maximum Gasteiger partial charge on any atom is 0.119 e. The molecular weight excluding hydrogens is 198 g/mol. The molecule has 2 heteroatoms. The van der Waals surface area contributed by atoms with Crippen LogP contribution in [-0.2, 0) is 6.42 Å². The second-order valence-corrected chi connectivity index (χ2v) is 4.92. The van der Waals surface area contributed by atoms with E-state index in [9.17, 15) is 5.11 Å². The molecule has 0 amide bonds. The Labute approximate surface area is 97.7 Å². The largest absolute Gasteiger partial charge is 0.508 e. The molecule has 1 heterocycles. The first-order chi connectivity index (χ1) is 7.66. The number of aryl methyl sites for hydroxylation is 2. The Morgan fingerprint density at radius 3 is 2.69 bits per heavy atom. The molecular formula is C14H21NO. The highest BCUT2D eigenvalue weighted by Gasteiger charge is 2.15. The summed E-state index contributed by atoms with van der Waals surface area (Å²) in [6.45, 7) is 5.26. The fourth-order valence-corrected chi connectivity index (χ4v) is 2.39. The van der Waals surface area contributed by atoms with E-state index in [0.717, 1.165) is 24.1 Å². The van der Waals surface area contributed by atoms with Crippen LogP contribution < -0.4 is 5.32 Å². The maximum atomic E-state index is 9.92. The van der Waals surface area contributed by atoms with Crippen molar-refractivity contribution in [3.63, 3.8) is 0 Å². The van der Waals surface area contributed by atoms with Crippen LogP contribution in [0.15, 0.2) is 12.1 Å². The third-order valence-corrected chi connectivity index (χ3v) is 3.57. The molecule has 0 spiro atoms. The third-order valence-electron chi connectivity index (χ3n) is 3.57. The molecule has 88 valence electrons. The molecule has 1 aromatic carbocycles. The molecule has 2 nitrogen and oxygen atoms in total. The Kier molecular flexibility index (Phi) is 3.49. The van der Waals surface area contributed by atoms with Gasteiger partial charge in [0.25, 0.3) is 0 Å². The molecule has 1 saturated heterocycles. The predicted molar refractivity (Wildman–Crippen MR) is 66.9 cm³/mol. The molecule has 16 heavy (non-hydrogen) atoms. The van der Waals surface area contributed by atoms with E-state index in [1.807, 2.05) is 13.0 Å². The van der Waals surface area contributed by atoms with Crippen LogP contribution in [0.2, 0.25) is 0 Å². The SMILES string of the molecule is Cc1cc(O)c(CC2CCCCN2)cc1C. The second kappa shape index (κ2) is 4.88. The lowest BCUT2D eigenvalue weighted by Gasteiger charge is -2.24. The van der Waals surface area contributed by atoms with Gasteiger partial charge in [-0.25, -0.2) is 0 Å². The van der Waals surface area contributed by atoms with E-state index in [1.54, 1.807) is 0 Å². The number of rotatable bonds is 2. The highest BCUT2D eigenvalue weighted by Crippen LogP contribution is 2.24. The summed E-state index contributed by atoms with van der Waals surface area (Å²) in [7, 11) is 0. The Hall–Kier alpha value is -1.02. The number of benzene rings is 1. The molecule has 1 aliphatic heterocycles. The van der Waals surface area contributed by atoms with E-state index >= 15 is 0 Å². The molecule has 2 N–H and O–H groups in total. The quantitative estimate of drug-likeness (QED) is 0.801. The van der Waals surface area contributed by atoms with Crippen molar-refractivity contribution in [3.8, 4) is 5.75 Å². The standard InChI is InChI=1S/C14H21NO/c1-10-7-12(14(16)8-11(10)2)9-13-5-3-4-6-15-13/h7-8,13,15-16H,3-6,9H2,1-2H3. The first-order valence-electron chi connectivity index (χ1n) is 6.19. The number of phenols is 1. The summed E-state index contributed by atoms with van der Waals surface area (Å²) in [4.78, 5) is 0. The van der Waals surface area contributed by atoms with Crippen molar-refractivity contribution in [2.45, 2.75) is 45.6 Å². The van der Waals surface area contributed by atoms with Gasteiger partial charge in [-0.1, -0.05) is 12.5 Å². The molecule has 1 aromatic rings. The Morgan fingerprint density at radius 1 is 1.25 bits per heavy atom. The molecule has 2 rings (SSSR count). The lowest BCUT2D eigenvalue weighted by Crippen LogP contribution is -2.35. The summed E-state index contributed by atoms with van der Waals surface area (Å²) in [5.74, 6) is 0.454. The highest BCUT2D eigenvalue weighted by atomic mass is 16.3. The van der Waals surface area contributed by atoms with E-state index in [2.05, 4.69) is 18.3 Å². The van der Waals surface area contributed by atoms with Crippen molar-refractivity contribution in [2.75, 3.05) is 6.54 Å². The lowest BCUT2D eigenvalue weighted by molar-refractivity contribution is 0.391. The minimum atomic E-state index is 0.454. The van der Waals surface area contributed by atoms with Crippen molar-refractivity contribution < 1.29 is 5.11 Å². The Bertz CT molecular complexity index is 367. The minimum Gasteiger partial charge on any atom is -0.508 e. The highest BCUT2D eigenvalue weighted by molar-refractivity contribution is 5.41. The van der Waals surface area contributed by atoms with Crippen LogP contribution in [0.5, 0.6) is 5.75 Å². The minimum absolute atomic E-state index is 0.454. The zero-order valence-corrected chi connectivity index (χ0v) is 10.2. The van der Waals surface area contributed by atoms with E-state index in [4.69, 9.17) is 0 Å². The van der Waals surface area contributed by atoms with Gasteiger partial charge in [0, 0.05) is 6.04 Å². The van der Waals surface area contributed by atoms with Gasteiger partial charge in [-0.3, -0.25) is 0 Å². The molecule has 1 aliphatic rings. The molecule has 1 atom stereocenters. The van der Waals surface area contributed by atoms with Crippen LogP contribution in [0.25, 0.3) is 0 Å². The van der Waals surface area contributed by atoms with Crippen molar-refractivity contribution in [3.05, 3.63) is 28.8 Å². The van der Waals surface area contributed by atoms with Gasteiger partial charge in [0.15, 0.2) is 0 Å². The first kappa shape index (κ1) is 11.5. The van der Waals surface area contributed by atoms with Gasteiger partial charge < -0.3 is 10.4 Å². The van der Waals surface area contributed by atoms with E-state index in [1.165, 1.54) is 24.8 Å². The Morgan fingerprint density at radius 2 is 2.00 bits per heavy atom. The predicted octanol–water partition coefficient (Wildman–Crippen LogP) is 2.69. The zero-order chi connectivity index (χ0) is 11.5. The van der Waals surface area contributed by atoms with Gasteiger partial charge in [-0.05, 0) is 62.4 Å². The Balaban J connectivity index is 2.11. The number of phenolic OH excluding ortho intramolecular Hbond substituents is 1. The summed E-state index contributed by atoms with van der Waals surface area (Å²) in [5, 5.41) is 13.4. The zero-order valence-electron chi connectivity index (χ0n) is 10.2. The topological polar surface area (TPSA) is 32.3 Å². The average molecular weight is 219 g/mol. The molecule has 0 bridgehead atoms. The fourth-order valence-electron chi connectivity index (χ4n) is 2.39. The van der Waals surface area contributed by atoms with Crippen molar-refractivity contribution in [2.24, 2.45) is 0 Å². The van der Waals surface area contributed by atoms with Crippen molar-refractivity contribution in [1.29, 1.82) is 0 Å². The van der Waals surface area contributed by atoms with Crippen LogP contribution in [0.4, 0.5) is 0 Å². The van der Waals surface area contributed by atoms with Gasteiger partial charge in [-0.15, -0.1) is 0 Å². The van der Waals surface area contributed by atoms with Gasteiger partial charge in [0.1, 0.15) is 5.75 Å². The van der Waals surface area contributed by atoms with E-state index in [-0.39, 0.29) is 0 Å². The second-order valence-electron chi connectivity index (χ2n) is 4.92. The molecule has 0 saturated carbocycles. The number of aromatic hydroxyl groups is 1. The van der Waals surface area contributed by atoms with Crippen LogP contribution in [-0.4, -0.2) is 17.7 Å². The van der Waals surface area contributed by atoms with Crippen LogP contribution in [0.1, 0.15) is 36.0 Å². The molecule has 1 fully saturated rings. The number of piperidine rings is 1. The summed E-state index contributed by atoms with van der Waals surface area (Å²) >= 11 is 0.